The lowest BCUT2D eigenvalue weighted by Crippen LogP contribution is -1.90. The highest BCUT2D eigenvalue weighted by molar-refractivity contribution is 7.22. The van der Waals surface area contributed by atoms with Crippen LogP contribution in [0.4, 0.5) is 5.69 Å². The van der Waals surface area contributed by atoms with Crippen LogP contribution < -0.4 is 10.5 Å². The Hall–Kier alpha value is -1.78. The van der Waals surface area contributed by atoms with Crippen molar-refractivity contribution in [3.63, 3.8) is 0 Å². The number of hydrogen-bond donors (Lipinski definition) is 1. The van der Waals surface area contributed by atoms with Crippen LogP contribution in [0.5, 0.6) is 5.75 Å². The molecule has 19 heavy (non-hydrogen) atoms. The number of nitrogens with zero attached hydrogens (tertiary/aromatic N) is 1. The van der Waals surface area contributed by atoms with Crippen molar-refractivity contribution in [3.05, 3.63) is 41.4 Å². The number of benzene rings is 2. The summed E-state index contributed by atoms with van der Waals surface area (Å²) in [6, 6.07) is 11.3. The maximum Gasteiger partial charge on any atom is 0.131 e. The highest BCUT2D eigenvalue weighted by atomic mass is 35.5. The molecule has 0 radical (unpaired) electrons. The summed E-state index contributed by atoms with van der Waals surface area (Å²) in [5.74, 6) is 0.718. The zero-order valence-electron chi connectivity index (χ0n) is 10.2. The van der Waals surface area contributed by atoms with Gasteiger partial charge < -0.3 is 10.5 Å². The molecule has 3 nitrogen and oxygen atoms in total. The van der Waals surface area contributed by atoms with Gasteiger partial charge in [-0.05, 0) is 24.3 Å². The molecule has 0 aliphatic carbocycles. The molecule has 1 heterocycles. The van der Waals surface area contributed by atoms with E-state index in [1.807, 2.05) is 30.3 Å². The Morgan fingerprint density at radius 3 is 2.84 bits per heavy atom. The predicted molar refractivity (Wildman–Crippen MR) is 81.0 cm³/mol. The maximum absolute atomic E-state index is 6.18. The number of halogens is 1. The van der Waals surface area contributed by atoms with Gasteiger partial charge in [-0.15, -0.1) is 11.3 Å². The quantitative estimate of drug-likeness (QED) is 0.719. The first-order chi connectivity index (χ1) is 9.19. The second kappa shape index (κ2) is 4.72. The third-order valence-electron chi connectivity index (χ3n) is 2.82. The van der Waals surface area contributed by atoms with E-state index in [0.29, 0.717) is 5.69 Å². The van der Waals surface area contributed by atoms with Crippen molar-refractivity contribution >= 4 is 38.8 Å². The molecule has 96 valence electrons. The van der Waals surface area contributed by atoms with Crippen molar-refractivity contribution in [2.75, 3.05) is 12.8 Å². The number of hydrogen-bond acceptors (Lipinski definition) is 4. The minimum absolute atomic E-state index is 0.666. The highest BCUT2D eigenvalue weighted by Gasteiger charge is 2.12. The van der Waals surface area contributed by atoms with E-state index < -0.39 is 0 Å². The van der Waals surface area contributed by atoms with Gasteiger partial charge in [-0.1, -0.05) is 17.7 Å². The Kier molecular flexibility index (Phi) is 3.05. The summed E-state index contributed by atoms with van der Waals surface area (Å²) in [5, 5.41) is 1.59. The molecule has 3 aromatic rings. The smallest absolute Gasteiger partial charge is 0.131 e. The number of methoxy groups -OCH3 is 1. The van der Waals surface area contributed by atoms with Crippen molar-refractivity contribution < 1.29 is 4.74 Å². The second-order valence-corrected chi connectivity index (χ2v) is 5.47. The van der Waals surface area contributed by atoms with Crippen molar-refractivity contribution in [1.82, 2.24) is 4.98 Å². The lowest BCUT2D eigenvalue weighted by Gasteiger charge is -2.06. The SMILES string of the molecule is COc1cc(N)ccc1-c1nc2cccc(Cl)c2s1. The molecule has 2 aromatic carbocycles. The van der Waals surface area contributed by atoms with Gasteiger partial charge in [-0.25, -0.2) is 4.98 Å². The molecule has 0 spiro atoms. The molecule has 2 N–H and O–H groups in total. The molecule has 0 saturated carbocycles. The Morgan fingerprint density at radius 1 is 1.26 bits per heavy atom. The van der Waals surface area contributed by atoms with Gasteiger partial charge in [0.15, 0.2) is 0 Å². The summed E-state index contributed by atoms with van der Waals surface area (Å²) in [6.45, 7) is 0. The van der Waals surface area contributed by atoms with Gasteiger partial charge in [0.1, 0.15) is 10.8 Å². The summed E-state index contributed by atoms with van der Waals surface area (Å²) in [6.07, 6.45) is 0. The lowest BCUT2D eigenvalue weighted by molar-refractivity contribution is 0.416. The van der Waals surface area contributed by atoms with E-state index in [9.17, 15) is 0 Å². The molecular weight excluding hydrogens is 280 g/mol. The third kappa shape index (κ3) is 2.13. The van der Waals surface area contributed by atoms with Crippen molar-refractivity contribution in [2.45, 2.75) is 0 Å². The highest BCUT2D eigenvalue weighted by Crippen LogP contribution is 2.38. The van der Waals surface area contributed by atoms with Gasteiger partial charge in [0.25, 0.3) is 0 Å². The summed E-state index contributed by atoms with van der Waals surface area (Å²) in [4.78, 5) is 4.60. The van der Waals surface area contributed by atoms with E-state index in [1.54, 1.807) is 24.5 Å². The monoisotopic (exact) mass is 290 g/mol. The van der Waals surface area contributed by atoms with Gasteiger partial charge in [0.05, 0.1) is 27.9 Å². The van der Waals surface area contributed by atoms with E-state index in [4.69, 9.17) is 22.1 Å². The Balaban J connectivity index is 2.22. The van der Waals surface area contributed by atoms with Crippen molar-refractivity contribution in [3.8, 4) is 16.3 Å². The second-order valence-electron chi connectivity index (χ2n) is 4.07. The molecule has 0 amide bonds. The summed E-state index contributed by atoms with van der Waals surface area (Å²) in [7, 11) is 1.62. The third-order valence-corrected chi connectivity index (χ3v) is 4.39. The number of aromatic nitrogens is 1. The molecule has 0 atom stereocenters. The largest absolute Gasteiger partial charge is 0.496 e. The fourth-order valence-electron chi connectivity index (χ4n) is 1.92. The Labute approximate surface area is 119 Å². The molecule has 0 fully saturated rings. The van der Waals surface area contributed by atoms with Crippen LogP contribution in [0.25, 0.3) is 20.8 Å². The minimum atomic E-state index is 0.666. The first kappa shape index (κ1) is 12.3. The number of fused-ring (bicyclic) bond motifs is 1. The van der Waals surface area contributed by atoms with Gasteiger partial charge in [-0.2, -0.15) is 0 Å². The number of thiazole rings is 1. The standard InChI is InChI=1S/C14H11ClN2OS/c1-18-12-7-8(16)5-6-9(12)14-17-11-4-2-3-10(15)13(11)19-14/h2-7H,16H2,1H3. The van der Waals surface area contributed by atoms with Crippen LogP contribution in [-0.2, 0) is 0 Å². The number of anilines is 1. The van der Waals surface area contributed by atoms with Gasteiger partial charge in [0, 0.05) is 11.8 Å². The van der Waals surface area contributed by atoms with E-state index >= 15 is 0 Å². The van der Waals surface area contributed by atoms with Gasteiger partial charge >= 0.3 is 0 Å². The van der Waals surface area contributed by atoms with Gasteiger partial charge in [0.2, 0.25) is 0 Å². The van der Waals surface area contributed by atoms with Crippen LogP contribution >= 0.6 is 22.9 Å². The molecule has 3 rings (SSSR count). The molecular formula is C14H11ClN2OS. The topological polar surface area (TPSA) is 48.1 Å². The molecule has 0 bridgehead atoms. The van der Waals surface area contributed by atoms with Crippen molar-refractivity contribution in [1.29, 1.82) is 0 Å². The van der Waals surface area contributed by atoms with E-state index in [-0.39, 0.29) is 0 Å². The van der Waals surface area contributed by atoms with E-state index in [0.717, 1.165) is 31.6 Å². The van der Waals surface area contributed by atoms with Crippen LogP contribution in [0, 0.1) is 0 Å². The zero-order chi connectivity index (χ0) is 13.4. The summed E-state index contributed by atoms with van der Waals surface area (Å²) >= 11 is 7.72. The average molecular weight is 291 g/mol. The number of nitrogen functional groups attached to an aromatic ring is 1. The van der Waals surface area contributed by atoms with Crippen LogP contribution in [0.2, 0.25) is 5.02 Å². The number of ether oxygens (including phenoxy) is 1. The van der Waals surface area contributed by atoms with Crippen LogP contribution in [0.1, 0.15) is 0 Å². The Morgan fingerprint density at radius 2 is 2.11 bits per heavy atom. The fourth-order valence-corrected chi connectivity index (χ4v) is 3.20. The first-order valence-electron chi connectivity index (χ1n) is 5.68. The number of rotatable bonds is 2. The predicted octanol–water partition coefficient (Wildman–Crippen LogP) is 4.21. The lowest BCUT2D eigenvalue weighted by atomic mass is 10.2. The zero-order valence-corrected chi connectivity index (χ0v) is 11.8. The molecule has 0 unspecified atom stereocenters. The van der Waals surface area contributed by atoms with E-state index in [1.165, 1.54) is 0 Å². The van der Waals surface area contributed by atoms with Crippen LogP contribution in [-0.4, -0.2) is 12.1 Å². The maximum atomic E-state index is 6.18. The molecule has 5 heteroatoms. The van der Waals surface area contributed by atoms with Crippen LogP contribution in [0.15, 0.2) is 36.4 Å². The number of nitrogens with two attached hydrogens (primary N) is 1. The summed E-state index contributed by atoms with van der Waals surface area (Å²) in [5.41, 5.74) is 8.25. The van der Waals surface area contributed by atoms with Crippen molar-refractivity contribution in [2.24, 2.45) is 0 Å². The van der Waals surface area contributed by atoms with Crippen LogP contribution in [0.3, 0.4) is 0 Å². The fraction of sp³-hybridized carbons (Fsp3) is 0.0714. The van der Waals surface area contributed by atoms with Gasteiger partial charge in [-0.3, -0.25) is 0 Å². The molecule has 0 saturated heterocycles. The molecule has 1 aromatic heterocycles. The molecule has 0 aliphatic rings. The Bertz CT molecular complexity index is 754. The molecule has 0 aliphatic heterocycles. The minimum Gasteiger partial charge on any atom is -0.496 e. The normalized spacial score (nSPS) is 10.8. The summed E-state index contributed by atoms with van der Waals surface area (Å²) < 4.78 is 6.34. The average Bonchev–Trinajstić information content (AvgIpc) is 2.83. The first-order valence-corrected chi connectivity index (χ1v) is 6.87. The van der Waals surface area contributed by atoms with E-state index in [2.05, 4.69) is 4.98 Å².